The van der Waals surface area contributed by atoms with Crippen LogP contribution in [0.15, 0.2) is 54.7 Å². The average molecular weight is 327 g/mol. The summed E-state index contributed by atoms with van der Waals surface area (Å²) < 4.78 is 1.68. The molecule has 3 rings (SSSR count). The Balaban J connectivity index is 1.75. The zero-order chi connectivity index (χ0) is 16.2. The molecule has 0 aliphatic heterocycles. The smallest absolute Gasteiger partial charge is 0.272 e. The number of nitrogens with zero attached hydrogens (tertiary/aromatic N) is 3. The zero-order valence-electron chi connectivity index (χ0n) is 12.5. The summed E-state index contributed by atoms with van der Waals surface area (Å²) in [6.07, 6.45) is 1.70. The number of hydrogen-bond donors (Lipinski definition) is 1. The van der Waals surface area contributed by atoms with Gasteiger partial charge in [-0.25, -0.2) is 0 Å². The number of carbonyl (C=O) groups is 1. The van der Waals surface area contributed by atoms with E-state index in [0.717, 1.165) is 17.0 Å². The summed E-state index contributed by atoms with van der Waals surface area (Å²) in [5, 5.41) is 7.76. The van der Waals surface area contributed by atoms with Crippen molar-refractivity contribution >= 4 is 17.5 Å². The first-order valence-corrected chi connectivity index (χ1v) is 7.49. The molecule has 23 heavy (non-hydrogen) atoms. The van der Waals surface area contributed by atoms with E-state index in [9.17, 15) is 4.79 Å². The van der Waals surface area contributed by atoms with E-state index in [4.69, 9.17) is 11.6 Å². The minimum atomic E-state index is -0.230. The van der Waals surface area contributed by atoms with Crippen LogP contribution in [0.3, 0.4) is 0 Å². The number of halogens is 1. The maximum Gasteiger partial charge on any atom is 0.272 e. The quantitative estimate of drug-likeness (QED) is 0.801. The molecule has 0 bridgehead atoms. The van der Waals surface area contributed by atoms with Gasteiger partial charge in [-0.2, -0.15) is 5.10 Å². The number of pyridine rings is 1. The predicted octanol–water partition coefficient (Wildman–Crippen LogP) is 3.07. The fraction of sp³-hybridized carbons (Fsp3) is 0.118. The molecule has 1 aromatic carbocycles. The Labute approximate surface area is 138 Å². The van der Waals surface area contributed by atoms with Crippen molar-refractivity contribution in [3.8, 4) is 11.3 Å². The van der Waals surface area contributed by atoms with Crippen molar-refractivity contribution in [2.45, 2.75) is 6.54 Å². The third-order valence-electron chi connectivity index (χ3n) is 3.41. The highest BCUT2D eigenvalue weighted by molar-refractivity contribution is 6.30. The minimum absolute atomic E-state index is 0.230. The van der Waals surface area contributed by atoms with Crippen LogP contribution in [-0.2, 0) is 13.6 Å². The highest BCUT2D eigenvalue weighted by Gasteiger charge is 2.13. The Kier molecular flexibility index (Phi) is 4.39. The van der Waals surface area contributed by atoms with Crippen LogP contribution in [0.2, 0.25) is 5.02 Å². The summed E-state index contributed by atoms with van der Waals surface area (Å²) in [5.74, 6) is -0.230. The van der Waals surface area contributed by atoms with Crippen molar-refractivity contribution in [1.82, 2.24) is 20.1 Å². The van der Waals surface area contributed by atoms with E-state index in [0.29, 0.717) is 17.3 Å². The molecule has 5 nitrogen and oxygen atoms in total. The van der Waals surface area contributed by atoms with E-state index in [2.05, 4.69) is 15.4 Å². The maximum atomic E-state index is 12.2. The van der Waals surface area contributed by atoms with Crippen molar-refractivity contribution in [2.75, 3.05) is 0 Å². The Morgan fingerprint density at radius 1 is 1.22 bits per heavy atom. The molecule has 0 unspecified atom stereocenters. The van der Waals surface area contributed by atoms with E-state index in [1.165, 1.54) is 0 Å². The molecule has 0 aliphatic rings. The summed E-state index contributed by atoms with van der Waals surface area (Å²) in [5.41, 5.74) is 2.97. The fourth-order valence-electron chi connectivity index (χ4n) is 2.23. The lowest BCUT2D eigenvalue weighted by molar-refractivity contribution is 0.0944. The minimum Gasteiger partial charge on any atom is -0.345 e. The molecule has 0 fully saturated rings. The standard InChI is InChI=1S/C17H15ClN4O/c1-22-16(12-5-7-13(18)8-6-12)10-15(21-22)17(23)20-11-14-4-2-3-9-19-14/h2-10H,11H2,1H3,(H,20,23). The second-order valence-corrected chi connectivity index (χ2v) is 5.49. The van der Waals surface area contributed by atoms with Gasteiger partial charge in [-0.3, -0.25) is 14.5 Å². The molecular weight excluding hydrogens is 312 g/mol. The van der Waals surface area contributed by atoms with E-state index in [1.54, 1.807) is 24.0 Å². The lowest BCUT2D eigenvalue weighted by Crippen LogP contribution is -2.23. The van der Waals surface area contributed by atoms with E-state index >= 15 is 0 Å². The Hall–Kier alpha value is -2.66. The molecule has 0 spiro atoms. The average Bonchev–Trinajstić information content (AvgIpc) is 2.96. The highest BCUT2D eigenvalue weighted by atomic mass is 35.5. The Morgan fingerprint density at radius 2 is 2.00 bits per heavy atom. The van der Waals surface area contributed by atoms with Gasteiger partial charge in [0.2, 0.25) is 0 Å². The van der Waals surface area contributed by atoms with Crippen LogP contribution in [0, 0.1) is 0 Å². The van der Waals surface area contributed by atoms with Crippen LogP contribution in [0.25, 0.3) is 11.3 Å². The van der Waals surface area contributed by atoms with Crippen molar-refractivity contribution in [3.05, 3.63) is 71.1 Å². The molecule has 0 saturated carbocycles. The normalized spacial score (nSPS) is 10.5. The van der Waals surface area contributed by atoms with Crippen LogP contribution in [0.1, 0.15) is 16.2 Å². The van der Waals surface area contributed by atoms with E-state index < -0.39 is 0 Å². The van der Waals surface area contributed by atoms with Gasteiger partial charge in [-0.15, -0.1) is 0 Å². The molecule has 1 N–H and O–H groups in total. The van der Waals surface area contributed by atoms with Crippen molar-refractivity contribution in [1.29, 1.82) is 0 Å². The number of nitrogens with one attached hydrogen (secondary N) is 1. The molecule has 6 heteroatoms. The van der Waals surface area contributed by atoms with E-state index in [1.807, 2.05) is 42.5 Å². The SMILES string of the molecule is Cn1nc(C(=O)NCc2ccccn2)cc1-c1ccc(Cl)cc1. The number of aromatic nitrogens is 3. The summed E-state index contributed by atoms with van der Waals surface area (Å²) >= 11 is 5.90. The number of carbonyl (C=O) groups excluding carboxylic acids is 1. The maximum absolute atomic E-state index is 12.2. The van der Waals surface area contributed by atoms with Gasteiger partial charge in [0.15, 0.2) is 5.69 Å². The lowest BCUT2D eigenvalue weighted by atomic mass is 10.1. The Morgan fingerprint density at radius 3 is 2.70 bits per heavy atom. The van der Waals surface area contributed by atoms with Gasteiger partial charge in [0.1, 0.15) is 0 Å². The van der Waals surface area contributed by atoms with Crippen LogP contribution < -0.4 is 5.32 Å². The predicted molar refractivity (Wildman–Crippen MR) is 89.1 cm³/mol. The second-order valence-electron chi connectivity index (χ2n) is 5.05. The molecule has 116 valence electrons. The van der Waals surface area contributed by atoms with Gasteiger partial charge in [-0.05, 0) is 35.9 Å². The summed E-state index contributed by atoms with van der Waals surface area (Å²) in [6.45, 7) is 0.368. The molecule has 1 amide bonds. The number of rotatable bonds is 4. The molecule has 0 radical (unpaired) electrons. The zero-order valence-corrected chi connectivity index (χ0v) is 13.3. The molecule has 2 heterocycles. The van der Waals surface area contributed by atoms with Gasteiger partial charge in [-0.1, -0.05) is 29.8 Å². The van der Waals surface area contributed by atoms with Crippen LogP contribution in [0.5, 0.6) is 0 Å². The summed E-state index contributed by atoms with van der Waals surface area (Å²) in [4.78, 5) is 16.4. The van der Waals surface area contributed by atoms with Gasteiger partial charge < -0.3 is 5.32 Å². The van der Waals surface area contributed by atoms with Gasteiger partial charge >= 0.3 is 0 Å². The Bertz CT molecular complexity index is 812. The van der Waals surface area contributed by atoms with Gasteiger partial charge in [0.25, 0.3) is 5.91 Å². The lowest BCUT2D eigenvalue weighted by Gasteiger charge is -2.01. The molecule has 3 aromatic rings. The first kappa shape index (κ1) is 15.2. The largest absolute Gasteiger partial charge is 0.345 e. The van der Waals surface area contributed by atoms with Crippen LogP contribution in [-0.4, -0.2) is 20.7 Å². The van der Waals surface area contributed by atoms with Crippen molar-refractivity contribution in [3.63, 3.8) is 0 Å². The van der Waals surface area contributed by atoms with Crippen LogP contribution >= 0.6 is 11.6 Å². The van der Waals surface area contributed by atoms with Crippen molar-refractivity contribution in [2.24, 2.45) is 7.05 Å². The fourth-order valence-corrected chi connectivity index (χ4v) is 2.36. The summed E-state index contributed by atoms with van der Waals surface area (Å²) in [6, 6.07) is 14.8. The molecule has 2 aromatic heterocycles. The van der Waals surface area contributed by atoms with Crippen molar-refractivity contribution < 1.29 is 4.79 Å². The first-order valence-electron chi connectivity index (χ1n) is 7.11. The number of benzene rings is 1. The number of aryl methyl sites for hydroxylation is 1. The third kappa shape index (κ3) is 3.57. The first-order chi connectivity index (χ1) is 11.1. The van der Waals surface area contributed by atoms with E-state index in [-0.39, 0.29) is 5.91 Å². The highest BCUT2D eigenvalue weighted by Crippen LogP contribution is 2.22. The van der Waals surface area contributed by atoms with Gasteiger partial charge in [0, 0.05) is 18.3 Å². The van der Waals surface area contributed by atoms with Crippen LogP contribution in [0.4, 0.5) is 0 Å². The monoisotopic (exact) mass is 326 g/mol. The summed E-state index contributed by atoms with van der Waals surface area (Å²) in [7, 11) is 1.81. The number of amides is 1. The molecule has 0 atom stereocenters. The molecular formula is C17H15ClN4O. The number of hydrogen-bond acceptors (Lipinski definition) is 3. The topological polar surface area (TPSA) is 59.8 Å². The second kappa shape index (κ2) is 6.62. The van der Waals surface area contributed by atoms with Gasteiger partial charge in [0.05, 0.1) is 17.9 Å². The molecule has 0 aliphatic carbocycles. The third-order valence-corrected chi connectivity index (χ3v) is 3.66. The molecule has 0 saturated heterocycles.